The van der Waals surface area contributed by atoms with Crippen molar-refractivity contribution in [3.05, 3.63) is 18.0 Å². The molecular weight excluding hydrogens is 186 g/mol. The third-order valence-corrected chi connectivity index (χ3v) is 3.17. The van der Waals surface area contributed by atoms with Gasteiger partial charge in [0.2, 0.25) is 0 Å². The Bertz CT molecular complexity index is 302. The second kappa shape index (κ2) is 4.79. The topological polar surface area (TPSA) is 43.8 Å². The summed E-state index contributed by atoms with van der Waals surface area (Å²) in [4.78, 5) is 0. The van der Waals surface area contributed by atoms with Crippen molar-refractivity contribution < 1.29 is 0 Å². The zero-order valence-electron chi connectivity index (χ0n) is 9.52. The van der Waals surface area contributed by atoms with Gasteiger partial charge in [-0.25, -0.2) is 0 Å². The first-order valence-electron chi connectivity index (χ1n) is 6.05. The Balaban J connectivity index is 1.79. The first kappa shape index (κ1) is 10.7. The third kappa shape index (κ3) is 3.34. The van der Waals surface area contributed by atoms with Crippen LogP contribution in [0.1, 0.15) is 38.2 Å². The van der Waals surface area contributed by atoms with Crippen molar-refractivity contribution in [2.75, 3.05) is 0 Å². The van der Waals surface area contributed by atoms with E-state index >= 15 is 0 Å². The minimum Gasteiger partial charge on any atom is -0.327 e. The van der Waals surface area contributed by atoms with E-state index < -0.39 is 0 Å². The Morgan fingerprint density at radius 1 is 1.60 bits per heavy atom. The lowest BCUT2D eigenvalue weighted by molar-refractivity contribution is 0.546. The molecule has 1 aromatic heterocycles. The Hall–Kier alpha value is -0.830. The van der Waals surface area contributed by atoms with Crippen LogP contribution in [0.5, 0.6) is 0 Å². The van der Waals surface area contributed by atoms with Crippen molar-refractivity contribution in [2.24, 2.45) is 11.7 Å². The van der Waals surface area contributed by atoms with Crippen LogP contribution in [0.15, 0.2) is 12.4 Å². The van der Waals surface area contributed by atoms with Crippen LogP contribution in [0.4, 0.5) is 0 Å². The highest BCUT2D eigenvalue weighted by Gasteiger charge is 2.20. The number of nitrogens with two attached hydrogens (primary N) is 1. The summed E-state index contributed by atoms with van der Waals surface area (Å²) in [5, 5.41) is 4.36. The van der Waals surface area contributed by atoms with Crippen molar-refractivity contribution in [1.82, 2.24) is 9.78 Å². The van der Waals surface area contributed by atoms with Crippen LogP contribution >= 0.6 is 0 Å². The lowest BCUT2D eigenvalue weighted by atomic mass is 10.1. The van der Waals surface area contributed by atoms with Gasteiger partial charge in [0, 0.05) is 18.8 Å². The smallest absolute Gasteiger partial charge is 0.0522 e. The number of rotatable bonds is 6. The number of nitrogens with zero attached hydrogens (tertiary/aromatic N) is 2. The van der Waals surface area contributed by atoms with Crippen LogP contribution < -0.4 is 5.73 Å². The average molecular weight is 207 g/mol. The van der Waals surface area contributed by atoms with Crippen molar-refractivity contribution in [3.8, 4) is 0 Å². The fourth-order valence-corrected chi connectivity index (χ4v) is 1.80. The Labute approximate surface area is 91.7 Å². The number of hydrogen-bond donors (Lipinski definition) is 1. The molecule has 1 atom stereocenters. The molecule has 1 saturated carbocycles. The quantitative estimate of drug-likeness (QED) is 0.775. The summed E-state index contributed by atoms with van der Waals surface area (Å²) in [6.07, 6.45) is 10.2. The summed E-state index contributed by atoms with van der Waals surface area (Å²) in [7, 11) is 0. The second-order valence-corrected chi connectivity index (χ2v) is 4.72. The zero-order chi connectivity index (χ0) is 10.7. The van der Waals surface area contributed by atoms with Gasteiger partial charge in [-0.05, 0) is 30.7 Å². The molecule has 84 valence electrons. The average Bonchev–Trinajstić information content (AvgIpc) is 2.97. The van der Waals surface area contributed by atoms with Gasteiger partial charge in [0.1, 0.15) is 0 Å². The highest BCUT2D eigenvalue weighted by molar-refractivity contribution is 5.05. The van der Waals surface area contributed by atoms with Crippen LogP contribution in [-0.4, -0.2) is 15.8 Å². The summed E-state index contributed by atoms with van der Waals surface area (Å²) in [6.45, 7) is 3.20. The van der Waals surface area contributed by atoms with E-state index in [2.05, 4.69) is 22.9 Å². The molecule has 1 heterocycles. The molecule has 0 saturated heterocycles. The molecule has 15 heavy (non-hydrogen) atoms. The first-order valence-corrected chi connectivity index (χ1v) is 6.05. The third-order valence-electron chi connectivity index (χ3n) is 3.17. The molecule has 2 N–H and O–H groups in total. The highest BCUT2D eigenvalue weighted by atomic mass is 15.3. The van der Waals surface area contributed by atoms with Gasteiger partial charge in [-0.1, -0.05) is 19.8 Å². The van der Waals surface area contributed by atoms with Gasteiger partial charge in [-0.15, -0.1) is 0 Å². The molecule has 0 spiro atoms. The van der Waals surface area contributed by atoms with Gasteiger partial charge in [-0.2, -0.15) is 5.10 Å². The lowest BCUT2D eigenvalue weighted by Crippen LogP contribution is -2.21. The summed E-state index contributed by atoms with van der Waals surface area (Å²) >= 11 is 0. The van der Waals surface area contributed by atoms with E-state index in [0.29, 0.717) is 0 Å². The fourth-order valence-electron chi connectivity index (χ4n) is 1.80. The molecule has 1 aromatic rings. The number of hydrogen-bond acceptors (Lipinski definition) is 2. The van der Waals surface area contributed by atoms with Gasteiger partial charge in [0.25, 0.3) is 0 Å². The monoisotopic (exact) mass is 207 g/mol. The summed E-state index contributed by atoms with van der Waals surface area (Å²) in [5.41, 5.74) is 7.19. The van der Waals surface area contributed by atoms with Gasteiger partial charge in [-0.3, -0.25) is 4.68 Å². The molecule has 0 bridgehead atoms. The molecule has 0 aromatic carbocycles. The minimum atomic E-state index is 0.283. The van der Waals surface area contributed by atoms with Gasteiger partial charge in [0.05, 0.1) is 6.20 Å². The molecule has 1 aliphatic rings. The predicted octanol–water partition coefficient (Wildman–Crippen LogP) is 1.96. The molecule has 1 aliphatic carbocycles. The van der Waals surface area contributed by atoms with Crippen LogP contribution in [0.25, 0.3) is 0 Å². The van der Waals surface area contributed by atoms with Crippen LogP contribution in [0.2, 0.25) is 0 Å². The molecule has 0 radical (unpaired) electrons. The molecule has 3 nitrogen and oxygen atoms in total. The summed E-state index contributed by atoms with van der Waals surface area (Å²) in [6, 6.07) is 0.283. The van der Waals surface area contributed by atoms with E-state index in [-0.39, 0.29) is 6.04 Å². The summed E-state index contributed by atoms with van der Waals surface area (Å²) < 4.78 is 2.07. The molecule has 1 fully saturated rings. The van der Waals surface area contributed by atoms with Gasteiger partial charge < -0.3 is 5.73 Å². The van der Waals surface area contributed by atoms with E-state index in [4.69, 9.17) is 5.73 Å². The van der Waals surface area contributed by atoms with Crippen molar-refractivity contribution in [2.45, 2.75) is 51.6 Å². The van der Waals surface area contributed by atoms with Crippen molar-refractivity contribution >= 4 is 0 Å². The first-order chi connectivity index (χ1) is 7.28. The Kier molecular flexibility index (Phi) is 3.41. The lowest BCUT2D eigenvalue weighted by Gasteiger charge is -2.05. The molecular formula is C12H21N3. The largest absolute Gasteiger partial charge is 0.327 e. The fraction of sp³-hybridized carbons (Fsp3) is 0.750. The SMILES string of the molecule is CCC(N)Cc1cnn(CCC2CC2)c1. The number of aryl methyl sites for hydroxylation is 1. The molecule has 0 amide bonds. The van der Waals surface area contributed by atoms with E-state index in [1.54, 1.807) is 0 Å². The Morgan fingerprint density at radius 3 is 3.07 bits per heavy atom. The standard InChI is InChI=1S/C12H21N3/c1-2-12(13)7-11-8-14-15(9-11)6-5-10-3-4-10/h8-10,12H,2-7,13H2,1H3. The zero-order valence-corrected chi connectivity index (χ0v) is 9.52. The van der Waals surface area contributed by atoms with Crippen LogP contribution in [-0.2, 0) is 13.0 Å². The van der Waals surface area contributed by atoms with E-state index in [1.807, 2.05) is 6.20 Å². The normalized spacial score (nSPS) is 18.0. The maximum Gasteiger partial charge on any atom is 0.0522 e. The Morgan fingerprint density at radius 2 is 2.40 bits per heavy atom. The molecule has 2 rings (SSSR count). The van der Waals surface area contributed by atoms with Crippen LogP contribution in [0.3, 0.4) is 0 Å². The van der Waals surface area contributed by atoms with Gasteiger partial charge in [0.15, 0.2) is 0 Å². The van der Waals surface area contributed by atoms with Crippen molar-refractivity contribution in [3.63, 3.8) is 0 Å². The highest BCUT2D eigenvalue weighted by Crippen LogP contribution is 2.32. The predicted molar refractivity (Wildman–Crippen MR) is 61.5 cm³/mol. The van der Waals surface area contributed by atoms with Gasteiger partial charge >= 0.3 is 0 Å². The molecule has 1 unspecified atom stereocenters. The van der Waals surface area contributed by atoms with E-state index in [9.17, 15) is 0 Å². The van der Waals surface area contributed by atoms with E-state index in [1.165, 1.54) is 24.8 Å². The maximum atomic E-state index is 5.91. The van der Waals surface area contributed by atoms with E-state index in [0.717, 1.165) is 25.3 Å². The second-order valence-electron chi connectivity index (χ2n) is 4.72. The van der Waals surface area contributed by atoms with Crippen molar-refractivity contribution in [1.29, 1.82) is 0 Å². The maximum absolute atomic E-state index is 5.91. The van der Waals surface area contributed by atoms with Crippen LogP contribution in [0, 0.1) is 5.92 Å². The summed E-state index contributed by atoms with van der Waals surface area (Å²) in [5.74, 6) is 0.982. The number of aromatic nitrogens is 2. The molecule has 0 aliphatic heterocycles. The minimum absolute atomic E-state index is 0.283. The molecule has 3 heteroatoms.